The Labute approximate surface area is 265 Å². The fourth-order valence-corrected chi connectivity index (χ4v) is 8.69. The van der Waals surface area contributed by atoms with Crippen molar-refractivity contribution in [3.05, 3.63) is 59.8 Å². The summed E-state index contributed by atoms with van der Waals surface area (Å²) in [4.78, 5) is 21.6. The van der Waals surface area contributed by atoms with Gasteiger partial charge in [0.15, 0.2) is 9.84 Å². The topological polar surface area (TPSA) is 112 Å². The number of thiazole rings is 1. The molecule has 0 aliphatic heterocycles. The molecule has 2 aliphatic carbocycles. The molecule has 0 spiro atoms. The maximum atomic E-state index is 14.3. The maximum absolute atomic E-state index is 14.3. The summed E-state index contributed by atoms with van der Waals surface area (Å²) >= 11 is 1.48. The van der Waals surface area contributed by atoms with Gasteiger partial charge in [-0.1, -0.05) is 35.6 Å². The highest BCUT2D eigenvalue weighted by Crippen LogP contribution is 2.40. The van der Waals surface area contributed by atoms with E-state index in [1.165, 1.54) is 23.2 Å². The minimum atomic E-state index is -3.32. The van der Waals surface area contributed by atoms with Crippen LogP contribution in [0.1, 0.15) is 68.4 Å². The minimum Gasteiger partial charge on any atom is -0.496 e. The van der Waals surface area contributed by atoms with Crippen LogP contribution in [0.3, 0.4) is 0 Å². The Kier molecular flexibility index (Phi) is 10.3. The number of sulfone groups is 1. The molecule has 0 radical (unpaired) electrons. The first kappa shape index (κ1) is 32.4. The van der Waals surface area contributed by atoms with E-state index >= 15 is 0 Å². The van der Waals surface area contributed by atoms with Crippen LogP contribution in [0.4, 0.5) is 5.69 Å². The highest BCUT2D eigenvalue weighted by atomic mass is 32.2. The number of aromatic nitrogens is 1. The highest BCUT2D eigenvalue weighted by Gasteiger charge is 2.36. The number of carbonyl (C=O) groups excluding carboxylic acids is 1. The van der Waals surface area contributed by atoms with Gasteiger partial charge in [-0.2, -0.15) is 0 Å². The molecule has 0 saturated heterocycles. The number of nitrogens with zero attached hydrogens (tertiary/aromatic N) is 2. The summed E-state index contributed by atoms with van der Waals surface area (Å²) in [5.74, 6) is 1.70. The van der Waals surface area contributed by atoms with Crippen molar-refractivity contribution in [1.29, 1.82) is 0 Å². The van der Waals surface area contributed by atoms with Crippen LogP contribution < -0.4 is 20.1 Å². The normalized spacial score (nSPS) is 23.1. The Hall–Kier alpha value is -2.95. The number of hydrogen-bond donors (Lipinski definition) is 1. The van der Waals surface area contributed by atoms with Gasteiger partial charge >= 0.3 is 0 Å². The van der Waals surface area contributed by atoms with Crippen molar-refractivity contribution >= 4 is 32.8 Å². The second-order valence-electron chi connectivity index (χ2n) is 12.5. The number of anilines is 1. The van der Waals surface area contributed by atoms with Gasteiger partial charge in [0.2, 0.25) is 5.91 Å². The van der Waals surface area contributed by atoms with Crippen LogP contribution in [0, 0.1) is 24.7 Å². The number of aryl methyl sites for hydroxylation is 1. The molecule has 0 bridgehead atoms. The Balaban J connectivity index is 1.33. The molecule has 1 atom stereocenters. The van der Waals surface area contributed by atoms with E-state index in [2.05, 4.69) is 36.2 Å². The summed E-state index contributed by atoms with van der Waals surface area (Å²) in [6.07, 6.45) is 9.90. The number of rotatable bonds is 10. The molecular weight excluding hydrogens is 595 g/mol. The average Bonchev–Trinajstić information content (AvgIpc) is 3.53. The van der Waals surface area contributed by atoms with Gasteiger partial charge in [0.25, 0.3) is 5.19 Å². The highest BCUT2D eigenvalue weighted by molar-refractivity contribution is 7.91. The van der Waals surface area contributed by atoms with E-state index in [4.69, 9.17) is 15.2 Å². The zero-order chi connectivity index (χ0) is 31.4. The van der Waals surface area contributed by atoms with Gasteiger partial charge in [0.05, 0.1) is 19.1 Å². The first-order valence-corrected chi connectivity index (χ1v) is 18.3. The smallest absolute Gasteiger partial charge is 0.273 e. The molecule has 238 valence electrons. The van der Waals surface area contributed by atoms with E-state index in [0.29, 0.717) is 49.3 Å². The second-order valence-corrected chi connectivity index (χ2v) is 15.7. The number of methoxy groups -OCH3 is 2. The molecule has 5 rings (SSSR count). The molecular formula is C34H45N3O5S2. The molecule has 44 heavy (non-hydrogen) atoms. The van der Waals surface area contributed by atoms with Crippen molar-refractivity contribution in [2.75, 3.05) is 31.9 Å². The third kappa shape index (κ3) is 7.46. The van der Waals surface area contributed by atoms with Crippen LogP contribution in [-0.4, -0.2) is 51.7 Å². The van der Waals surface area contributed by atoms with Crippen molar-refractivity contribution in [1.82, 2.24) is 4.98 Å². The van der Waals surface area contributed by atoms with Crippen molar-refractivity contribution in [3.63, 3.8) is 0 Å². The van der Waals surface area contributed by atoms with Crippen molar-refractivity contribution in [3.8, 4) is 21.4 Å². The molecule has 2 aromatic carbocycles. The monoisotopic (exact) mass is 639 g/mol. The fraction of sp³-hybridized carbons (Fsp3) is 0.529. The molecule has 10 heteroatoms. The van der Waals surface area contributed by atoms with Gasteiger partial charge in [0, 0.05) is 30.6 Å². The van der Waals surface area contributed by atoms with Crippen LogP contribution >= 0.6 is 11.3 Å². The van der Waals surface area contributed by atoms with Gasteiger partial charge in [-0.15, -0.1) is 0 Å². The average molecular weight is 640 g/mol. The van der Waals surface area contributed by atoms with Gasteiger partial charge in [0.1, 0.15) is 11.1 Å². The summed E-state index contributed by atoms with van der Waals surface area (Å²) in [5.41, 5.74) is 10.5. The van der Waals surface area contributed by atoms with Gasteiger partial charge in [-0.05, 0) is 111 Å². The fourth-order valence-electron chi connectivity index (χ4n) is 6.99. The van der Waals surface area contributed by atoms with Crippen LogP contribution in [0.5, 0.6) is 10.9 Å². The Morgan fingerprint density at radius 3 is 2.36 bits per heavy atom. The van der Waals surface area contributed by atoms with E-state index in [1.54, 1.807) is 14.2 Å². The lowest BCUT2D eigenvalue weighted by molar-refractivity contribution is -0.123. The summed E-state index contributed by atoms with van der Waals surface area (Å²) in [7, 11) is 0.00361. The molecule has 1 amide bonds. The van der Waals surface area contributed by atoms with Crippen molar-refractivity contribution in [2.45, 2.75) is 69.6 Å². The molecule has 1 unspecified atom stereocenters. The number of benzene rings is 2. The van der Waals surface area contributed by atoms with Gasteiger partial charge < -0.3 is 20.1 Å². The molecule has 1 aromatic heterocycles. The number of nitrogens with two attached hydrogens (primary N) is 1. The van der Waals surface area contributed by atoms with E-state index in [0.717, 1.165) is 53.1 Å². The molecule has 8 nitrogen and oxygen atoms in total. The lowest BCUT2D eigenvalue weighted by atomic mass is 9.77. The first-order chi connectivity index (χ1) is 21.1. The third-order valence-electron chi connectivity index (χ3n) is 9.63. The van der Waals surface area contributed by atoms with Gasteiger partial charge in [-0.3, -0.25) is 4.79 Å². The molecule has 2 fully saturated rings. The second kappa shape index (κ2) is 14.0. The van der Waals surface area contributed by atoms with Crippen LogP contribution in [0.15, 0.2) is 48.7 Å². The van der Waals surface area contributed by atoms with E-state index in [-0.39, 0.29) is 17.7 Å². The molecule has 1 heterocycles. The van der Waals surface area contributed by atoms with Crippen LogP contribution in [0.2, 0.25) is 0 Å². The molecule has 2 saturated carbocycles. The number of hydrogen-bond acceptors (Lipinski definition) is 8. The summed E-state index contributed by atoms with van der Waals surface area (Å²) in [5, 5.41) is -0.265. The number of carbonyl (C=O) groups is 1. The van der Waals surface area contributed by atoms with Crippen molar-refractivity contribution < 1.29 is 22.7 Å². The summed E-state index contributed by atoms with van der Waals surface area (Å²) in [6, 6.07) is 14.7. The zero-order valence-electron chi connectivity index (χ0n) is 26.2. The lowest BCUT2D eigenvalue weighted by Crippen LogP contribution is -2.44. The largest absolute Gasteiger partial charge is 0.496 e. The zero-order valence-corrected chi connectivity index (χ0v) is 27.8. The van der Waals surface area contributed by atoms with Crippen LogP contribution in [0.25, 0.3) is 10.4 Å². The summed E-state index contributed by atoms with van der Waals surface area (Å²) < 4.78 is 34.9. The minimum absolute atomic E-state index is 0.107. The predicted molar refractivity (Wildman–Crippen MR) is 177 cm³/mol. The SMILES string of the molecule is COc1ncc(-c2cccc(N(CC3CCC(c4ccc(OC)c(C)c4)CC3)C(=O)C3CCC(C(N)S(C)(=O)=O)CC3)c2)s1. The van der Waals surface area contributed by atoms with Crippen molar-refractivity contribution in [2.24, 2.45) is 23.5 Å². The molecule has 3 aromatic rings. The first-order valence-electron chi connectivity index (χ1n) is 15.6. The molecule has 2 aliphatic rings. The Morgan fingerprint density at radius 2 is 1.75 bits per heavy atom. The van der Waals surface area contributed by atoms with E-state index in [9.17, 15) is 13.2 Å². The Morgan fingerprint density at radius 1 is 1.02 bits per heavy atom. The predicted octanol–water partition coefficient (Wildman–Crippen LogP) is 6.58. The van der Waals surface area contributed by atoms with E-state index < -0.39 is 15.2 Å². The maximum Gasteiger partial charge on any atom is 0.273 e. The van der Waals surface area contributed by atoms with Crippen LogP contribution in [-0.2, 0) is 14.6 Å². The Bertz CT molecular complexity index is 1540. The van der Waals surface area contributed by atoms with Gasteiger partial charge in [-0.25, -0.2) is 13.4 Å². The number of ether oxygens (including phenoxy) is 2. The quantitative estimate of drug-likeness (QED) is 0.267. The number of amides is 1. The molecule has 2 N–H and O–H groups in total. The summed E-state index contributed by atoms with van der Waals surface area (Å²) in [6.45, 7) is 2.77. The lowest BCUT2D eigenvalue weighted by Gasteiger charge is -2.37. The van der Waals surface area contributed by atoms with E-state index in [1.807, 2.05) is 29.3 Å². The third-order valence-corrected chi connectivity index (χ3v) is 12.0. The standard InChI is InChI=1S/C34H45N3O5S2/c1-22-18-27(16-17-30(22)41-2)24-10-8-23(9-11-24)21-37(29-7-5-6-28(19-29)31-20-36-34(42-3)43-31)33(38)26-14-12-25(13-15-26)32(35)44(4,39)40/h5-7,16-20,23-26,32H,8-15,21,35H2,1-4H3.